The van der Waals surface area contributed by atoms with E-state index in [1.54, 1.807) is 12.1 Å². The van der Waals surface area contributed by atoms with Gasteiger partial charge in [0.15, 0.2) is 0 Å². The Labute approximate surface area is 140 Å². The first-order valence-corrected chi connectivity index (χ1v) is 7.16. The average molecular weight is 340 g/mol. The molecule has 0 saturated heterocycles. The molecule has 0 saturated carbocycles. The van der Waals surface area contributed by atoms with E-state index in [0.29, 0.717) is 11.1 Å². The third kappa shape index (κ3) is 3.18. The summed E-state index contributed by atoms with van der Waals surface area (Å²) in [6.07, 6.45) is 0. The van der Waals surface area contributed by atoms with Crippen LogP contribution in [0.4, 0.5) is 11.4 Å². The van der Waals surface area contributed by atoms with E-state index < -0.39 is 16.5 Å². The number of anilines is 1. The summed E-state index contributed by atoms with van der Waals surface area (Å²) in [6.45, 7) is 0. The zero-order valence-electron chi connectivity index (χ0n) is 13.0. The number of methoxy groups -OCH3 is 1. The Kier molecular flexibility index (Phi) is 4.17. The van der Waals surface area contributed by atoms with Gasteiger partial charge in [0.05, 0.1) is 12.0 Å². The van der Waals surface area contributed by atoms with Crippen molar-refractivity contribution < 1.29 is 18.9 Å². The highest BCUT2D eigenvalue weighted by atomic mass is 16.6. The van der Waals surface area contributed by atoms with E-state index in [1.165, 1.54) is 43.5 Å². The summed E-state index contributed by atoms with van der Waals surface area (Å²) in [6, 6.07) is 11.8. The molecule has 0 spiro atoms. The number of nitrogens with zero attached hydrogens (tertiary/aromatic N) is 1. The van der Waals surface area contributed by atoms with E-state index in [-0.39, 0.29) is 22.5 Å². The van der Waals surface area contributed by atoms with Crippen LogP contribution in [-0.4, -0.2) is 17.9 Å². The van der Waals surface area contributed by atoms with Crippen LogP contribution in [0, 0.1) is 10.1 Å². The van der Waals surface area contributed by atoms with E-state index in [2.05, 4.69) is 5.32 Å². The second kappa shape index (κ2) is 6.44. The number of para-hydroxylation sites is 2. The third-order valence-electron chi connectivity index (χ3n) is 3.54. The van der Waals surface area contributed by atoms with Crippen LogP contribution in [0.1, 0.15) is 10.4 Å². The second-order valence-corrected chi connectivity index (χ2v) is 5.08. The van der Waals surface area contributed by atoms with Crippen LogP contribution in [0.3, 0.4) is 0 Å². The van der Waals surface area contributed by atoms with Gasteiger partial charge in [0, 0.05) is 17.5 Å². The number of carbonyl (C=O) groups is 1. The smallest absolute Gasteiger partial charge is 0.349 e. The van der Waals surface area contributed by atoms with E-state index in [9.17, 15) is 19.7 Å². The Bertz CT molecular complexity index is 1040. The number of amides is 1. The first-order chi connectivity index (χ1) is 12.0. The molecular weight excluding hydrogens is 328 g/mol. The molecule has 0 aliphatic heterocycles. The normalized spacial score (nSPS) is 10.4. The fraction of sp³-hybridized carbons (Fsp3) is 0.0588. The van der Waals surface area contributed by atoms with Gasteiger partial charge in [-0.05, 0) is 24.3 Å². The van der Waals surface area contributed by atoms with Crippen LogP contribution in [0.2, 0.25) is 0 Å². The first kappa shape index (κ1) is 16.2. The molecular formula is C17H12N2O6. The lowest BCUT2D eigenvalue weighted by molar-refractivity contribution is -0.383. The van der Waals surface area contributed by atoms with Crippen molar-refractivity contribution >= 4 is 28.3 Å². The number of hydrogen-bond donors (Lipinski definition) is 1. The number of rotatable bonds is 4. The van der Waals surface area contributed by atoms with Gasteiger partial charge in [-0.15, -0.1) is 0 Å². The van der Waals surface area contributed by atoms with E-state index >= 15 is 0 Å². The van der Waals surface area contributed by atoms with Crippen molar-refractivity contribution in [1.29, 1.82) is 0 Å². The standard InChI is InChI=1S/C17H12N2O6/c1-24-11-7-6-10-8-12(17(21)25-15(10)9-11)16(20)18-13-4-2-3-5-14(13)19(22)23/h2-9H,1H3,(H,18,20). The first-order valence-electron chi connectivity index (χ1n) is 7.16. The Balaban J connectivity index is 1.99. The van der Waals surface area contributed by atoms with Crippen molar-refractivity contribution in [1.82, 2.24) is 0 Å². The molecule has 25 heavy (non-hydrogen) atoms. The molecule has 2 aromatic carbocycles. The van der Waals surface area contributed by atoms with Gasteiger partial charge < -0.3 is 14.5 Å². The molecule has 0 fully saturated rings. The average Bonchev–Trinajstić information content (AvgIpc) is 2.60. The summed E-state index contributed by atoms with van der Waals surface area (Å²) in [5, 5.41) is 13.9. The fourth-order valence-electron chi connectivity index (χ4n) is 2.31. The minimum absolute atomic E-state index is 0.00766. The second-order valence-electron chi connectivity index (χ2n) is 5.08. The highest BCUT2D eigenvalue weighted by Gasteiger charge is 2.19. The summed E-state index contributed by atoms with van der Waals surface area (Å²) in [7, 11) is 1.48. The number of nitro benzene ring substituents is 1. The van der Waals surface area contributed by atoms with Crippen LogP contribution in [0.25, 0.3) is 11.0 Å². The van der Waals surface area contributed by atoms with Gasteiger partial charge in [0.2, 0.25) is 0 Å². The van der Waals surface area contributed by atoms with Crippen LogP contribution < -0.4 is 15.7 Å². The Morgan fingerprint density at radius 1 is 1.20 bits per heavy atom. The van der Waals surface area contributed by atoms with Crippen LogP contribution in [0.15, 0.2) is 57.7 Å². The maximum absolute atomic E-state index is 12.4. The molecule has 0 unspecified atom stereocenters. The van der Waals surface area contributed by atoms with E-state index in [0.717, 1.165) is 0 Å². The lowest BCUT2D eigenvalue weighted by atomic mass is 10.1. The molecule has 0 aliphatic carbocycles. The summed E-state index contributed by atoms with van der Waals surface area (Å²) in [4.78, 5) is 34.8. The number of benzene rings is 2. The fourth-order valence-corrected chi connectivity index (χ4v) is 2.31. The summed E-state index contributed by atoms with van der Waals surface area (Å²) in [5.41, 5.74) is -1.11. The molecule has 0 aliphatic rings. The number of nitro groups is 1. The van der Waals surface area contributed by atoms with Gasteiger partial charge in [0.1, 0.15) is 22.6 Å². The molecule has 1 N–H and O–H groups in total. The summed E-state index contributed by atoms with van der Waals surface area (Å²) in [5.74, 6) is -0.284. The van der Waals surface area contributed by atoms with Gasteiger partial charge in [-0.3, -0.25) is 14.9 Å². The molecule has 126 valence electrons. The van der Waals surface area contributed by atoms with Crippen LogP contribution >= 0.6 is 0 Å². The van der Waals surface area contributed by atoms with Crippen molar-refractivity contribution in [3.8, 4) is 5.75 Å². The predicted octanol–water partition coefficient (Wildman–Crippen LogP) is 2.96. The van der Waals surface area contributed by atoms with Gasteiger partial charge in [-0.1, -0.05) is 12.1 Å². The highest BCUT2D eigenvalue weighted by Crippen LogP contribution is 2.24. The molecule has 1 heterocycles. The Hall–Kier alpha value is -3.68. The number of carbonyl (C=O) groups excluding carboxylic acids is 1. The van der Waals surface area contributed by atoms with Gasteiger partial charge in [0.25, 0.3) is 11.6 Å². The topological polar surface area (TPSA) is 112 Å². The summed E-state index contributed by atoms with van der Waals surface area (Å²) >= 11 is 0. The van der Waals surface area contributed by atoms with Crippen LogP contribution in [0.5, 0.6) is 5.75 Å². The van der Waals surface area contributed by atoms with Crippen molar-refractivity contribution in [2.45, 2.75) is 0 Å². The minimum Gasteiger partial charge on any atom is -0.497 e. The van der Waals surface area contributed by atoms with Gasteiger partial charge in [-0.2, -0.15) is 0 Å². The SMILES string of the molecule is COc1ccc2cc(C(=O)Nc3ccccc3[N+](=O)[O-])c(=O)oc2c1. The number of ether oxygens (including phenoxy) is 1. The Morgan fingerprint density at radius 3 is 2.68 bits per heavy atom. The van der Waals surface area contributed by atoms with Crippen LogP contribution in [-0.2, 0) is 0 Å². The molecule has 0 atom stereocenters. The van der Waals surface area contributed by atoms with Crippen molar-refractivity contribution in [2.24, 2.45) is 0 Å². The van der Waals surface area contributed by atoms with Gasteiger partial charge >= 0.3 is 5.63 Å². The van der Waals surface area contributed by atoms with Crippen molar-refractivity contribution in [2.75, 3.05) is 12.4 Å². The minimum atomic E-state index is -0.850. The van der Waals surface area contributed by atoms with Crippen molar-refractivity contribution in [3.63, 3.8) is 0 Å². The lowest BCUT2D eigenvalue weighted by Gasteiger charge is -2.06. The monoisotopic (exact) mass is 340 g/mol. The zero-order valence-corrected chi connectivity index (χ0v) is 13.0. The molecule has 3 aromatic rings. The predicted molar refractivity (Wildman–Crippen MR) is 90.1 cm³/mol. The molecule has 0 bridgehead atoms. The van der Waals surface area contributed by atoms with E-state index in [4.69, 9.17) is 9.15 Å². The lowest BCUT2D eigenvalue weighted by Crippen LogP contribution is -2.21. The molecule has 8 heteroatoms. The number of hydrogen-bond acceptors (Lipinski definition) is 6. The number of fused-ring (bicyclic) bond motifs is 1. The quantitative estimate of drug-likeness (QED) is 0.444. The maximum atomic E-state index is 12.4. The third-order valence-corrected chi connectivity index (χ3v) is 3.54. The van der Waals surface area contributed by atoms with Crippen molar-refractivity contribution in [3.05, 3.63) is 74.6 Å². The zero-order chi connectivity index (χ0) is 18.0. The molecule has 3 rings (SSSR count). The highest BCUT2D eigenvalue weighted by molar-refractivity contribution is 6.06. The number of nitrogens with one attached hydrogen (secondary N) is 1. The molecule has 8 nitrogen and oxygen atoms in total. The summed E-state index contributed by atoms with van der Waals surface area (Å²) < 4.78 is 10.2. The van der Waals surface area contributed by atoms with Gasteiger partial charge in [-0.25, -0.2) is 4.79 Å². The Morgan fingerprint density at radius 2 is 1.96 bits per heavy atom. The maximum Gasteiger partial charge on any atom is 0.349 e. The molecule has 0 radical (unpaired) electrons. The molecule has 1 aromatic heterocycles. The van der Waals surface area contributed by atoms with E-state index in [1.807, 2.05) is 0 Å². The molecule has 1 amide bonds. The largest absolute Gasteiger partial charge is 0.497 e.